The molecule has 1 fully saturated rings. The molecule has 0 spiro atoms. The van der Waals surface area contributed by atoms with Gasteiger partial charge in [-0.1, -0.05) is 42.5 Å². The summed E-state index contributed by atoms with van der Waals surface area (Å²) in [5, 5.41) is 14.2. The van der Waals surface area contributed by atoms with E-state index in [0.717, 1.165) is 37.3 Å². The highest BCUT2D eigenvalue weighted by Gasteiger charge is 2.31. The molecular formula is C25H25F3N2O3. The Bertz CT molecular complexity index is 1040. The van der Waals surface area contributed by atoms with E-state index in [1.807, 2.05) is 36.4 Å². The molecule has 8 heteroatoms. The van der Waals surface area contributed by atoms with Crippen LogP contribution in [-0.4, -0.2) is 42.5 Å². The average molecular weight is 458 g/mol. The molecule has 5 nitrogen and oxygen atoms in total. The topological polar surface area (TPSA) is 54.0 Å². The standard InChI is InChI=1S/C25H25F3N2O3/c26-25(27,28)33-20-8-6-19(7-9-20)24(30-14-12-29-13-15-30)22-11-10-21(16-23(22)31)32-17-18-4-2-1-3-5-18/h1-11,16,24,29,31H,12-15,17H2/t24-/m1/s1. The Labute approximate surface area is 190 Å². The van der Waals surface area contributed by atoms with Crippen LogP contribution >= 0.6 is 0 Å². The average Bonchev–Trinajstić information content (AvgIpc) is 2.81. The minimum Gasteiger partial charge on any atom is -0.507 e. The van der Waals surface area contributed by atoms with E-state index in [4.69, 9.17) is 4.74 Å². The van der Waals surface area contributed by atoms with Gasteiger partial charge in [-0.2, -0.15) is 0 Å². The van der Waals surface area contributed by atoms with Crippen molar-refractivity contribution in [1.29, 1.82) is 0 Å². The predicted molar refractivity (Wildman–Crippen MR) is 118 cm³/mol. The molecule has 33 heavy (non-hydrogen) atoms. The number of rotatable bonds is 7. The predicted octanol–water partition coefficient (Wildman–Crippen LogP) is 4.86. The van der Waals surface area contributed by atoms with Crippen LogP contribution in [0.4, 0.5) is 13.2 Å². The van der Waals surface area contributed by atoms with Gasteiger partial charge in [0.05, 0.1) is 6.04 Å². The van der Waals surface area contributed by atoms with Gasteiger partial charge in [0.15, 0.2) is 0 Å². The van der Waals surface area contributed by atoms with Crippen molar-refractivity contribution in [3.8, 4) is 17.2 Å². The summed E-state index contributed by atoms with van der Waals surface area (Å²) < 4.78 is 47.4. The maximum atomic E-state index is 12.5. The second-order valence-corrected chi connectivity index (χ2v) is 7.80. The summed E-state index contributed by atoms with van der Waals surface area (Å²) in [5.74, 6) is 0.326. The molecule has 0 amide bonds. The van der Waals surface area contributed by atoms with Crippen LogP contribution in [0.1, 0.15) is 22.7 Å². The fraction of sp³-hybridized carbons (Fsp3) is 0.280. The van der Waals surface area contributed by atoms with Crippen molar-refractivity contribution in [2.45, 2.75) is 19.0 Å². The molecule has 0 radical (unpaired) electrons. The Hall–Kier alpha value is -3.23. The van der Waals surface area contributed by atoms with Gasteiger partial charge >= 0.3 is 6.36 Å². The van der Waals surface area contributed by atoms with E-state index >= 15 is 0 Å². The van der Waals surface area contributed by atoms with E-state index in [1.165, 1.54) is 12.1 Å². The minimum absolute atomic E-state index is 0.0692. The van der Waals surface area contributed by atoms with Crippen molar-refractivity contribution in [3.05, 3.63) is 89.5 Å². The molecule has 1 heterocycles. The minimum atomic E-state index is -4.74. The summed E-state index contributed by atoms with van der Waals surface area (Å²) in [6.07, 6.45) is -4.74. The maximum Gasteiger partial charge on any atom is 0.573 e. The van der Waals surface area contributed by atoms with E-state index in [2.05, 4.69) is 15.0 Å². The van der Waals surface area contributed by atoms with E-state index in [0.29, 0.717) is 17.9 Å². The van der Waals surface area contributed by atoms with Crippen molar-refractivity contribution in [2.75, 3.05) is 26.2 Å². The number of benzene rings is 3. The molecule has 1 saturated heterocycles. The number of phenols is 1. The molecule has 0 aliphatic carbocycles. The Morgan fingerprint density at radius 3 is 2.21 bits per heavy atom. The molecule has 2 N–H and O–H groups in total. The fourth-order valence-electron chi connectivity index (χ4n) is 3.96. The zero-order valence-electron chi connectivity index (χ0n) is 17.9. The molecule has 4 rings (SSSR count). The van der Waals surface area contributed by atoms with Crippen molar-refractivity contribution in [1.82, 2.24) is 10.2 Å². The SMILES string of the molecule is Oc1cc(OCc2ccccc2)ccc1[C@@H](c1ccc(OC(F)(F)F)cc1)N1CCNCC1. The number of piperazine rings is 1. The summed E-state index contributed by atoms with van der Waals surface area (Å²) >= 11 is 0. The lowest BCUT2D eigenvalue weighted by Crippen LogP contribution is -2.45. The lowest BCUT2D eigenvalue weighted by Gasteiger charge is -2.36. The van der Waals surface area contributed by atoms with Gasteiger partial charge in [-0.05, 0) is 35.4 Å². The molecule has 174 valence electrons. The summed E-state index contributed by atoms with van der Waals surface area (Å²) in [6.45, 7) is 3.41. The maximum absolute atomic E-state index is 12.5. The van der Waals surface area contributed by atoms with Gasteiger partial charge in [-0.3, -0.25) is 4.90 Å². The number of ether oxygens (including phenoxy) is 2. The van der Waals surface area contributed by atoms with Crippen LogP contribution in [0.15, 0.2) is 72.8 Å². The number of halogens is 3. The van der Waals surface area contributed by atoms with Crippen molar-refractivity contribution < 1.29 is 27.8 Å². The number of nitrogens with one attached hydrogen (secondary N) is 1. The number of alkyl halides is 3. The summed E-state index contributed by atoms with van der Waals surface area (Å²) in [7, 11) is 0. The van der Waals surface area contributed by atoms with Gasteiger partial charge in [0.25, 0.3) is 0 Å². The highest BCUT2D eigenvalue weighted by atomic mass is 19.4. The molecule has 0 saturated carbocycles. The number of hydrogen-bond acceptors (Lipinski definition) is 5. The van der Waals surface area contributed by atoms with Crippen LogP contribution in [0.3, 0.4) is 0 Å². The van der Waals surface area contributed by atoms with E-state index in [9.17, 15) is 18.3 Å². The summed E-state index contributed by atoms with van der Waals surface area (Å²) in [5.41, 5.74) is 2.44. The van der Waals surface area contributed by atoms with Gasteiger partial charge in [0, 0.05) is 37.8 Å². The molecule has 0 unspecified atom stereocenters. The summed E-state index contributed by atoms with van der Waals surface area (Å²) in [6, 6.07) is 20.4. The monoisotopic (exact) mass is 458 g/mol. The summed E-state index contributed by atoms with van der Waals surface area (Å²) in [4.78, 5) is 2.19. The first-order valence-electron chi connectivity index (χ1n) is 10.7. The molecule has 3 aromatic rings. The molecular weight excluding hydrogens is 433 g/mol. The van der Waals surface area contributed by atoms with E-state index < -0.39 is 6.36 Å². The van der Waals surface area contributed by atoms with Crippen LogP contribution in [0.25, 0.3) is 0 Å². The van der Waals surface area contributed by atoms with Crippen LogP contribution in [0, 0.1) is 0 Å². The first-order valence-corrected chi connectivity index (χ1v) is 10.7. The smallest absolute Gasteiger partial charge is 0.507 e. The highest BCUT2D eigenvalue weighted by Crippen LogP contribution is 2.37. The van der Waals surface area contributed by atoms with Gasteiger partial charge in [-0.15, -0.1) is 13.2 Å². The van der Waals surface area contributed by atoms with Crippen molar-refractivity contribution in [2.24, 2.45) is 0 Å². The fourth-order valence-corrected chi connectivity index (χ4v) is 3.96. The van der Waals surface area contributed by atoms with Crippen LogP contribution in [0.5, 0.6) is 17.2 Å². The lowest BCUT2D eigenvalue weighted by atomic mass is 9.95. The normalized spacial score (nSPS) is 15.7. The Morgan fingerprint density at radius 2 is 1.58 bits per heavy atom. The molecule has 3 aromatic carbocycles. The first-order chi connectivity index (χ1) is 15.9. The molecule has 1 aliphatic rings. The zero-order chi connectivity index (χ0) is 23.3. The van der Waals surface area contributed by atoms with Gasteiger partial charge in [0.1, 0.15) is 23.9 Å². The number of nitrogens with zero attached hydrogens (tertiary/aromatic N) is 1. The quantitative estimate of drug-likeness (QED) is 0.530. The third kappa shape index (κ3) is 6.18. The van der Waals surface area contributed by atoms with Crippen LogP contribution < -0.4 is 14.8 Å². The molecule has 0 aromatic heterocycles. The van der Waals surface area contributed by atoms with Crippen molar-refractivity contribution in [3.63, 3.8) is 0 Å². The Morgan fingerprint density at radius 1 is 0.909 bits per heavy atom. The third-order valence-electron chi connectivity index (χ3n) is 5.49. The first kappa shape index (κ1) is 22.9. The second-order valence-electron chi connectivity index (χ2n) is 7.80. The van der Waals surface area contributed by atoms with Crippen LogP contribution in [0.2, 0.25) is 0 Å². The Kier molecular flexibility index (Phi) is 7.05. The largest absolute Gasteiger partial charge is 0.573 e. The molecule has 0 bridgehead atoms. The third-order valence-corrected chi connectivity index (χ3v) is 5.49. The lowest BCUT2D eigenvalue weighted by molar-refractivity contribution is -0.274. The van der Waals surface area contributed by atoms with E-state index in [1.54, 1.807) is 24.3 Å². The zero-order valence-corrected chi connectivity index (χ0v) is 17.9. The van der Waals surface area contributed by atoms with Crippen molar-refractivity contribution >= 4 is 0 Å². The van der Waals surface area contributed by atoms with Gasteiger partial charge < -0.3 is 19.9 Å². The highest BCUT2D eigenvalue weighted by molar-refractivity contribution is 5.46. The van der Waals surface area contributed by atoms with E-state index in [-0.39, 0.29) is 17.5 Å². The van der Waals surface area contributed by atoms with Crippen LogP contribution in [-0.2, 0) is 6.61 Å². The van der Waals surface area contributed by atoms with Gasteiger partial charge in [0.2, 0.25) is 0 Å². The molecule has 1 aliphatic heterocycles. The number of hydrogen-bond donors (Lipinski definition) is 2. The van der Waals surface area contributed by atoms with Gasteiger partial charge in [-0.25, -0.2) is 0 Å². The molecule has 1 atom stereocenters. The number of phenolic OH excluding ortho intramolecular Hbond substituents is 1. The number of aromatic hydroxyl groups is 1. The Balaban J connectivity index is 1.58. The second kappa shape index (κ2) is 10.1.